The van der Waals surface area contributed by atoms with Gasteiger partial charge in [0.05, 0.1) is 31.6 Å². The molecule has 0 unspecified atom stereocenters. The van der Waals surface area contributed by atoms with E-state index in [0.29, 0.717) is 19.4 Å². The van der Waals surface area contributed by atoms with Crippen molar-refractivity contribution >= 4 is 22.4 Å². The zero-order chi connectivity index (χ0) is 25.1. The molecule has 3 aliphatic rings. The number of amides is 1. The number of nitrogens with one attached hydrogen (secondary N) is 2. The Balaban J connectivity index is 1.53. The topological polar surface area (TPSA) is 107 Å². The van der Waals surface area contributed by atoms with Gasteiger partial charge in [0.25, 0.3) is 0 Å². The number of morpholine rings is 1. The van der Waals surface area contributed by atoms with Gasteiger partial charge in [-0.05, 0) is 37.0 Å². The van der Waals surface area contributed by atoms with Crippen LogP contribution >= 0.6 is 11.3 Å². The lowest BCUT2D eigenvalue weighted by Gasteiger charge is -2.58. The first-order chi connectivity index (χ1) is 16.8. The molecule has 1 amide bonds. The number of aliphatic hydroxyl groups is 2. The van der Waals surface area contributed by atoms with Crippen molar-refractivity contribution in [1.82, 2.24) is 15.2 Å². The first-order valence-electron chi connectivity index (χ1n) is 13.4. The molecule has 1 aromatic heterocycles. The first-order valence-corrected chi connectivity index (χ1v) is 14.2. The molecule has 35 heavy (non-hydrogen) atoms. The monoisotopic (exact) mass is 508 g/mol. The summed E-state index contributed by atoms with van der Waals surface area (Å²) in [6, 6.07) is 0. The highest BCUT2D eigenvalue weighted by molar-refractivity contribution is 7.15. The molecule has 0 spiro atoms. The van der Waals surface area contributed by atoms with Crippen LogP contribution in [0, 0.1) is 16.7 Å². The Bertz CT molecular complexity index is 860. The number of ether oxygens (including phenoxy) is 1. The summed E-state index contributed by atoms with van der Waals surface area (Å²) in [5.74, 6) is 0.115. The molecule has 4 N–H and O–H groups in total. The number of unbranched alkanes of at least 4 members (excludes halogenated alkanes) is 1. The number of carbonyl (C=O) groups excluding carboxylic acids is 1. The minimum Gasteiger partial charge on any atom is -0.396 e. The highest BCUT2D eigenvalue weighted by atomic mass is 32.1. The number of hydrogen-bond donors (Lipinski definition) is 4. The number of carbonyl (C=O) groups is 1. The fourth-order valence-corrected chi connectivity index (χ4v) is 7.62. The minimum absolute atomic E-state index is 0.0315. The molecule has 2 heterocycles. The molecule has 4 rings (SSSR count). The van der Waals surface area contributed by atoms with Crippen molar-refractivity contribution in [3.63, 3.8) is 0 Å². The van der Waals surface area contributed by atoms with E-state index >= 15 is 0 Å². The molecule has 8 nitrogen and oxygen atoms in total. The zero-order valence-corrected chi connectivity index (χ0v) is 22.5. The molecule has 9 heteroatoms. The van der Waals surface area contributed by atoms with Crippen molar-refractivity contribution in [2.75, 3.05) is 57.9 Å². The lowest BCUT2D eigenvalue weighted by molar-refractivity contribution is -0.144. The van der Waals surface area contributed by atoms with Gasteiger partial charge in [0, 0.05) is 55.4 Å². The molecule has 2 fully saturated rings. The van der Waals surface area contributed by atoms with Gasteiger partial charge in [-0.25, -0.2) is 4.98 Å². The van der Waals surface area contributed by atoms with E-state index < -0.39 is 11.5 Å². The van der Waals surface area contributed by atoms with Gasteiger partial charge >= 0.3 is 0 Å². The van der Waals surface area contributed by atoms with Crippen LogP contribution in [0.2, 0.25) is 0 Å². The Hall–Kier alpha value is -1.26. The maximum atomic E-state index is 13.2. The van der Waals surface area contributed by atoms with Gasteiger partial charge in [-0.2, -0.15) is 0 Å². The minimum atomic E-state index is -0.588. The molecule has 1 aromatic rings. The van der Waals surface area contributed by atoms with Crippen molar-refractivity contribution in [3.8, 4) is 0 Å². The second-order valence-electron chi connectivity index (χ2n) is 11.1. The van der Waals surface area contributed by atoms with E-state index in [0.717, 1.165) is 75.9 Å². The summed E-state index contributed by atoms with van der Waals surface area (Å²) in [6.07, 6.45) is 4.33. The van der Waals surface area contributed by atoms with Gasteiger partial charge in [-0.15, -0.1) is 11.3 Å². The molecule has 5 atom stereocenters. The molecule has 0 radical (unpaired) electrons. The highest BCUT2D eigenvalue weighted by Crippen LogP contribution is 2.62. The Kier molecular flexibility index (Phi) is 8.74. The molecular weight excluding hydrogens is 464 g/mol. The fourth-order valence-electron chi connectivity index (χ4n) is 6.53. The number of thiazole rings is 1. The van der Waals surface area contributed by atoms with E-state index in [2.05, 4.69) is 29.4 Å². The molecule has 2 aliphatic carbocycles. The van der Waals surface area contributed by atoms with Crippen LogP contribution in [0.5, 0.6) is 0 Å². The summed E-state index contributed by atoms with van der Waals surface area (Å²) in [5.41, 5.74) is 0.253. The summed E-state index contributed by atoms with van der Waals surface area (Å²) in [6.45, 7) is 12.1. The van der Waals surface area contributed by atoms with Crippen molar-refractivity contribution in [2.24, 2.45) is 16.7 Å². The second-order valence-corrected chi connectivity index (χ2v) is 12.2. The van der Waals surface area contributed by atoms with E-state index in [4.69, 9.17) is 9.72 Å². The van der Waals surface area contributed by atoms with E-state index in [1.807, 2.05) is 6.92 Å². The zero-order valence-electron chi connectivity index (χ0n) is 21.6. The number of fused-ring (bicyclic) bond motifs is 2. The smallest absolute Gasteiger partial charge is 0.220 e. The van der Waals surface area contributed by atoms with Crippen LogP contribution < -0.4 is 10.6 Å². The Morgan fingerprint density at radius 1 is 1.29 bits per heavy atom. The standard InChI is InChI=1S/C26H44N4O4S/c1-4-5-8-28-24-29-23-18(15-22(33)27-9-10-30-11-13-34-14-12-30)25(2)7-6-21(32)26(3,17-31)20(25)16-19(23)35-24/h18,20-21,31-32H,4-17H2,1-3H3,(H,27,33)(H,28,29)/t18-,20+,21-,25+,26+/m1/s1. The number of aliphatic hydroxyl groups excluding tert-OH is 2. The molecule has 198 valence electrons. The Morgan fingerprint density at radius 3 is 2.77 bits per heavy atom. The third-order valence-corrected chi connectivity index (χ3v) is 9.99. The van der Waals surface area contributed by atoms with Crippen LogP contribution in [-0.2, 0) is 16.0 Å². The van der Waals surface area contributed by atoms with Gasteiger partial charge in [0.1, 0.15) is 0 Å². The number of nitrogens with zero attached hydrogens (tertiary/aromatic N) is 2. The maximum Gasteiger partial charge on any atom is 0.220 e. The highest BCUT2D eigenvalue weighted by Gasteiger charge is 2.59. The molecule has 1 saturated heterocycles. The van der Waals surface area contributed by atoms with E-state index in [1.54, 1.807) is 11.3 Å². The quantitative estimate of drug-likeness (QED) is 0.360. The van der Waals surface area contributed by atoms with E-state index in [-0.39, 0.29) is 29.8 Å². The van der Waals surface area contributed by atoms with Gasteiger partial charge in [-0.3, -0.25) is 9.69 Å². The molecular formula is C26H44N4O4S. The summed E-state index contributed by atoms with van der Waals surface area (Å²) in [4.78, 5) is 21.7. The van der Waals surface area contributed by atoms with Crippen LogP contribution in [0.15, 0.2) is 0 Å². The van der Waals surface area contributed by atoms with Crippen molar-refractivity contribution in [1.29, 1.82) is 0 Å². The first kappa shape index (κ1) is 26.8. The van der Waals surface area contributed by atoms with Crippen molar-refractivity contribution in [2.45, 2.75) is 71.3 Å². The molecule has 1 aliphatic heterocycles. The predicted octanol–water partition coefficient (Wildman–Crippen LogP) is 2.61. The second kappa shape index (κ2) is 11.4. The number of anilines is 1. The lowest BCUT2D eigenvalue weighted by Crippen LogP contribution is -2.57. The van der Waals surface area contributed by atoms with Gasteiger partial charge < -0.3 is 25.6 Å². The average molecular weight is 509 g/mol. The number of hydrogen-bond acceptors (Lipinski definition) is 8. The summed E-state index contributed by atoms with van der Waals surface area (Å²) in [5, 5.41) is 28.9. The maximum absolute atomic E-state index is 13.2. The van der Waals surface area contributed by atoms with Crippen LogP contribution in [0.25, 0.3) is 0 Å². The van der Waals surface area contributed by atoms with Gasteiger partial charge in [0.15, 0.2) is 5.13 Å². The number of rotatable bonds is 10. The van der Waals surface area contributed by atoms with Crippen LogP contribution in [0.3, 0.4) is 0 Å². The van der Waals surface area contributed by atoms with E-state index in [9.17, 15) is 15.0 Å². The predicted molar refractivity (Wildman–Crippen MR) is 139 cm³/mol. The Morgan fingerprint density at radius 2 is 2.06 bits per heavy atom. The largest absolute Gasteiger partial charge is 0.396 e. The van der Waals surface area contributed by atoms with Crippen LogP contribution in [-0.4, -0.2) is 84.7 Å². The Labute approximate surface area is 213 Å². The van der Waals surface area contributed by atoms with Crippen LogP contribution in [0.1, 0.15) is 69.4 Å². The van der Waals surface area contributed by atoms with Crippen molar-refractivity contribution in [3.05, 3.63) is 10.6 Å². The third-order valence-electron chi connectivity index (χ3n) is 8.94. The fraction of sp³-hybridized carbons (Fsp3) is 0.846. The normalized spacial score (nSPS) is 33.1. The van der Waals surface area contributed by atoms with E-state index in [1.165, 1.54) is 4.88 Å². The lowest BCUT2D eigenvalue weighted by atomic mass is 9.47. The molecule has 0 aromatic carbocycles. The summed E-state index contributed by atoms with van der Waals surface area (Å²) < 4.78 is 5.41. The average Bonchev–Trinajstić information content (AvgIpc) is 3.26. The SMILES string of the molecule is CCCCNc1nc2c(s1)C[C@@H]1[C@](C)(CO)[C@H](O)CC[C@@]1(C)[C@@H]2CC(=O)NCCN1CCOCC1. The molecule has 0 bridgehead atoms. The summed E-state index contributed by atoms with van der Waals surface area (Å²) in [7, 11) is 0. The molecule has 1 saturated carbocycles. The summed E-state index contributed by atoms with van der Waals surface area (Å²) >= 11 is 1.68. The van der Waals surface area contributed by atoms with Gasteiger partial charge in [-0.1, -0.05) is 27.2 Å². The van der Waals surface area contributed by atoms with Gasteiger partial charge in [0.2, 0.25) is 5.91 Å². The number of aromatic nitrogens is 1. The third kappa shape index (κ3) is 5.54. The van der Waals surface area contributed by atoms with Crippen molar-refractivity contribution < 1.29 is 19.7 Å². The van der Waals surface area contributed by atoms with Crippen LogP contribution in [0.4, 0.5) is 5.13 Å².